The van der Waals surface area contributed by atoms with Crippen LogP contribution in [0, 0.1) is 11.3 Å². The first-order valence-corrected chi connectivity index (χ1v) is 6.06. The van der Waals surface area contributed by atoms with Crippen molar-refractivity contribution >= 4 is 33.1 Å². The van der Waals surface area contributed by atoms with Gasteiger partial charge in [-0.25, -0.2) is 4.98 Å². The fraction of sp³-hybridized carbons (Fsp3) is 0.0769. The highest BCUT2D eigenvalue weighted by Crippen LogP contribution is 2.31. The molecule has 0 spiro atoms. The molecule has 1 aromatic carbocycles. The van der Waals surface area contributed by atoms with Gasteiger partial charge in [0.25, 0.3) is 0 Å². The number of benzene rings is 1. The van der Waals surface area contributed by atoms with Gasteiger partial charge in [0.15, 0.2) is 0 Å². The molecule has 0 unspecified atom stereocenters. The Hall–Kier alpha value is -2.06. The number of nitrogens with two attached hydrogens (primary N) is 1. The fourth-order valence-electron chi connectivity index (χ4n) is 1.67. The molecule has 5 heteroatoms. The smallest absolute Gasteiger partial charge is 0.147 e. The van der Waals surface area contributed by atoms with E-state index >= 15 is 0 Å². The van der Waals surface area contributed by atoms with Crippen LogP contribution in [-0.2, 0) is 0 Å². The number of aromatic nitrogens is 1. The van der Waals surface area contributed by atoms with Crippen LogP contribution in [0.25, 0.3) is 0 Å². The molecule has 0 atom stereocenters. The molecule has 0 fully saturated rings. The number of pyridine rings is 1. The fourth-order valence-corrected chi connectivity index (χ4v) is 2.30. The molecular weight excluding hydrogens is 292 g/mol. The van der Waals surface area contributed by atoms with Crippen LogP contribution in [0.4, 0.5) is 17.2 Å². The number of hydrogen-bond donors (Lipinski definition) is 1. The van der Waals surface area contributed by atoms with E-state index in [0.29, 0.717) is 17.1 Å². The molecule has 1 aromatic heterocycles. The summed E-state index contributed by atoms with van der Waals surface area (Å²) in [6.07, 6.45) is 1.59. The van der Waals surface area contributed by atoms with E-state index in [0.717, 1.165) is 10.2 Å². The maximum atomic E-state index is 9.10. The molecule has 2 N–H and O–H groups in total. The van der Waals surface area contributed by atoms with Gasteiger partial charge in [-0.2, -0.15) is 5.26 Å². The van der Waals surface area contributed by atoms with Crippen molar-refractivity contribution in [3.05, 3.63) is 46.6 Å². The normalized spacial score (nSPS) is 9.83. The van der Waals surface area contributed by atoms with Crippen molar-refractivity contribution in [1.82, 2.24) is 4.98 Å². The summed E-state index contributed by atoms with van der Waals surface area (Å²) in [7, 11) is 1.86. The topological polar surface area (TPSA) is 65.9 Å². The van der Waals surface area contributed by atoms with Crippen LogP contribution in [0.3, 0.4) is 0 Å². The van der Waals surface area contributed by atoms with Gasteiger partial charge in [-0.15, -0.1) is 0 Å². The third kappa shape index (κ3) is 2.29. The second-order valence-corrected chi connectivity index (χ2v) is 4.62. The molecule has 0 saturated heterocycles. The van der Waals surface area contributed by atoms with Gasteiger partial charge in [-0.1, -0.05) is 12.1 Å². The van der Waals surface area contributed by atoms with E-state index in [2.05, 4.69) is 27.0 Å². The Bertz CT molecular complexity index is 619. The Balaban J connectivity index is 2.48. The predicted molar refractivity (Wildman–Crippen MR) is 75.6 cm³/mol. The van der Waals surface area contributed by atoms with Gasteiger partial charge >= 0.3 is 0 Å². The van der Waals surface area contributed by atoms with Gasteiger partial charge in [0.1, 0.15) is 11.9 Å². The third-order valence-corrected chi connectivity index (χ3v) is 3.13. The molecule has 1 heterocycles. The lowest BCUT2D eigenvalue weighted by atomic mass is 10.2. The van der Waals surface area contributed by atoms with E-state index in [4.69, 9.17) is 11.0 Å². The van der Waals surface area contributed by atoms with Crippen LogP contribution in [0.1, 0.15) is 5.56 Å². The first-order chi connectivity index (χ1) is 8.63. The number of anilines is 3. The molecule has 0 saturated carbocycles. The summed E-state index contributed by atoms with van der Waals surface area (Å²) in [5.74, 6) is 0.715. The molecule has 0 radical (unpaired) electrons. The lowest BCUT2D eigenvalue weighted by Crippen LogP contribution is -2.13. The van der Waals surface area contributed by atoms with E-state index in [9.17, 15) is 0 Å². The summed E-state index contributed by atoms with van der Waals surface area (Å²) in [6.45, 7) is 0. The Labute approximate surface area is 114 Å². The van der Waals surface area contributed by atoms with Crippen LogP contribution in [-0.4, -0.2) is 12.0 Å². The maximum Gasteiger partial charge on any atom is 0.147 e. The van der Waals surface area contributed by atoms with Crippen molar-refractivity contribution < 1.29 is 0 Å². The number of nitrogen functional groups attached to an aromatic ring is 1. The zero-order valence-corrected chi connectivity index (χ0v) is 11.3. The van der Waals surface area contributed by atoms with Crippen molar-refractivity contribution in [3.63, 3.8) is 0 Å². The molecular formula is C13H11BrN4. The van der Waals surface area contributed by atoms with Gasteiger partial charge in [0.05, 0.1) is 27.6 Å². The van der Waals surface area contributed by atoms with Crippen LogP contribution in [0.5, 0.6) is 0 Å². The third-order valence-electron chi connectivity index (χ3n) is 2.55. The summed E-state index contributed by atoms with van der Waals surface area (Å²) < 4.78 is 0.790. The average Bonchev–Trinajstić information content (AvgIpc) is 2.38. The quantitative estimate of drug-likeness (QED) is 0.926. The first-order valence-electron chi connectivity index (χ1n) is 5.27. The largest absolute Gasteiger partial charge is 0.397 e. The number of hydrogen-bond acceptors (Lipinski definition) is 4. The minimum absolute atomic E-state index is 0.590. The highest BCUT2D eigenvalue weighted by Gasteiger charge is 2.12. The summed E-state index contributed by atoms with van der Waals surface area (Å²) in [5, 5.41) is 9.10. The van der Waals surface area contributed by atoms with Gasteiger partial charge in [0.2, 0.25) is 0 Å². The Kier molecular flexibility index (Phi) is 3.49. The van der Waals surface area contributed by atoms with Crippen molar-refractivity contribution in [2.24, 2.45) is 0 Å². The van der Waals surface area contributed by atoms with E-state index < -0.39 is 0 Å². The number of para-hydroxylation sites is 1. The molecule has 0 aliphatic carbocycles. The minimum Gasteiger partial charge on any atom is -0.397 e. The van der Waals surface area contributed by atoms with Crippen molar-refractivity contribution in [2.75, 3.05) is 17.7 Å². The van der Waals surface area contributed by atoms with Crippen LogP contribution < -0.4 is 10.6 Å². The summed E-state index contributed by atoms with van der Waals surface area (Å²) in [4.78, 5) is 6.12. The molecule has 0 bridgehead atoms. The number of rotatable bonds is 2. The minimum atomic E-state index is 0.590. The maximum absolute atomic E-state index is 9.10. The van der Waals surface area contributed by atoms with Gasteiger partial charge in [-0.3, -0.25) is 0 Å². The average molecular weight is 303 g/mol. The molecule has 2 rings (SSSR count). The zero-order chi connectivity index (χ0) is 13.1. The SMILES string of the molecule is CN(c1ccccc1C#N)c1ncc(N)cc1Br. The number of nitriles is 1. The number of nitrogens with zero attached hydrogens (tertiary/aromatic N) is 3. The van der Waals surface area contributed by atoms with Crippen LogP contribution in [0.15, 0.2) is 41.0 Å². The van der Waals surface area contributed by atoms with Gasteiger partial charge in [0, 0.05) is 7.05 Å². The van der Waals surface area contributed by atoms with E-state index in [1.807, 2.05) is 30.1 Å². The Morgan fingerprint density at radius 3 is 2.78 bits per heavy atom. The molecule has 4 nitrogen and oxygen atoms in total. The van der Waals surface area contributed by atoms with E-state index in [1.165, 1.54) is 0 Å². The lowest BCUT2D eigenvalue weighted by molar-refractivity contribution is 1.11. The summed E-state index contributed by atoms with van der Waals surface area (Å²) in [5.41, 5.74) is 7.66. The summed E-state index contributed by atoms with van der Waals surface area (Å²) >= 11 is 3.42. The molecule has 0 aliphatic rings. The summed E-state index contributed by atoms with van der Waals surface area (Å²) in [6, 6.07) is 11.3. The van der Waals surface area contributed by atoms with Gasteiger partial charge < -0.3 is 10.6 Å². The number of halogens is 1. The molecule has 18 heavy (non-hydrogen) atoms. The standard InChI is InChI=1S/C13H11BrN4/c1-18(12-5-3-2-4-9(12)7-15)13-11(14)6-10(16)8-17-13/h2-6,8H,16H2,1H3. The second-order valence-electron chi connectivity index (χ2n) is 3.76. The highest BCUT2D eigenvalue weighted by atomic mass is 79.9. The van der Waals surface area contributed by atoms with Crippen molar-refractivity contribution in [2.45, 2.75) is 0 Å². The van der Waals surface area contributed by atoms with Crippen molar-refractivity contribution in [1.29, 1.82) is 5.26 Å². The molecule has 0 amide bonds. The lowest BCUT2D eigenvalue weighted by Gasteiger charge is -2.20. The van der Waals surface area contributed by atoms with Crippen LogP contribution in [0.2, 0.25) is 0 Å². The Morgan fingerprint density at radius 2 is 2.11 bits per heavy atom. The monoisotopic (exact) mass is 302 g/mol. The zero-order valence-electron chi connectivity index (χ0n) is 9.76. The molecule has 90 valence electrons. The molecule has 0 aliphatic heterocycles. The van der Waals surface area contributed by atoms with Crippen LogP contribution >= 0.6 is 15.9 Å². The molecule has 2 aromatic rings. The highest BCUT2D eigenvalue weighted by molar-refractivity contribution is 9.10. The van der Waals surface area contributed by atoms with E-state index in [-0.39, 0.29) is 0 Å². The van der Waals surface area contributed by atoms with Crippen molar-refractivity contribution in [3.8, 4) is 6.07 Å². The Morgan fingerprint density at radius 1 is 1.39 bits per heavy atom. The first kappa shape index (κ1) is 12.4. The second kappa shape index (κ2) is 5.07. The van der Waals surface area contributed by atoms with E-state index in [1.54, 1.807) is 18.3 Å². The van der Waals surface area contributed by atoms with Gasteiger partial charge in [-0.05, 0) is 34.1 Å². The predicted octanol–water partition coefficient (Wildman–Crippen LogP) is 3.07.